The minimum Gasteiger partial charge on any atom is -0.487 e. The van der Waals surface area contributed by atoms with Crippen LogP contribution in [-0.4, -0.2) is 49.0 Å². The first-order chi connectivity index (χ1) is 20.5. The van der Waals surface area contributed by atoms with Crippen LogP contribution < -0.4 is 14.8 Å². The Balaban J connectivity index is 1.32. The highest BCUT2D eigenvalue weighted by Gasteiger charge is 2.38. The summed E-state index contributed by atoms with van der Waals surface area (Å²) in [6.07, 6.45) is 10.1. The number of carboxylic acids is 1. The molecule has 0 unspecified atom stereocenters. The molecule has 10 heteroatoms. The van der Waals surface area contributed by atoms with Crippen LogP contribution in [0.1, 0.15) is 73.4 Å². The number of aryl methyl sites for hydroxylation is 1. The molecule has 5 rings (SSSR count). The first-order valence-electron chi connectivity index (χ1n) is 15.4. The van der Waals surface area contributed by atoms with Gasteiger partial charge in [-0.3, -0.25) is 0 Å². The van der Waals surface area contributed by atoms with Crippen LogP contribution in [0.2, 0.25) is 5.02 Å². The van der Waals surface area contributed by atoms with Crippen molar-refractivity contribution in [1.82, 2.24) is 0 Å². The van der Waals surface area contributed by atoms with E-state index in [0.717, 1.165) is 62.7 Å². The lowest BCUT2D eigenvalue weighted by Gasteiger charge is -2.43. The number of fused-ring (bicyclic) bond motifs is 2. The van der Waals surface area contributed by atoms with Crippen LogP contribution in [0.4, 0.5) is 5.69 Å². The van der Waals surface area contributed by atoms with Gasteiger partial charge in [0.05, 0.1) is 22.6 Å². The van der Waals surface area contributed by atoms with Crippen molar-refractivity contribution in [2.45, 2.75) is 76.3 Å². The van der Waals surface area contributed by atoms with Crippen LogP contribution in [-0.2, 0) is 23.1 Å². The number of primary sulfonamides is 1. The molecule has 43 heavy (non-hydrogen) atoms. The number of rotatable bonds is 7. The lowest BCUT2D eigenvalue weighted by molar-refractivity contribution is 0.0457. The minimum absolute atomic E-state index is 0.0636. The third-order valence-corrected chi connectivity index (χ3v) is 11.6. The van der Waals surface area contributed by atoms with E-state index in [-0.39, 0.29) is 29.2 Å². The van der Waals surface area contributed by atoms with Gasteiger partial charge in [-0.15, -0.1) is 0 Å². The third kappa shape index (κ3) is 7.56. The summed E-state index contributed by atoms with van der Waals surface area (Å²) in [6.45, 7) is 3.72. The molecule has 3 aliphatic rings. The van der Waals surface area contributed by atoms with Crippen molar-refractivity contribution in [3.63, 3.8) is 0 Å². The first-order valence-corrected chi connectivity index (χ1v) is 17.4. The second-order valence-corrected chi connectivity index (χ2v) is 14.8. The van der Waals surface area contributed by atoms with Crippen molar-refractivity contribution in [2.24, 2.45) is 28.8 Å². The highest BCUT2D eigenvalue weighted by Crippen LogP contribution is 2.41. The van der Waals surface area contributed by atoms with Gasteiger partial charge in [-0.2, -0.15) is 0 Å². The van der Waals surface area contributed by atoms with Crippen LogP contribution in [0.5, 0.6) is 5.75 Å². The van der Waals surface area contributed by atoms with E-state index >= 15 is 0 Å². The number of halogens is 1. The molecule has 0 bridgehead atoms. The van der Waals surface area contributed by atoms with Crippen molar-refractivity contribution in [2.75, 3.05) is 18.0 Å². The third-order valence-electron chi connectivity index (χ3n) is 9.86. The Bertz CT molecular complexity index is 1450. The number of benzene rings is 2. The SMILES string of the molecule is C[C@H]1[C@H](/C=C/[C@H](O)[C@@H]2CC[C@H]2CN2CCCCc3cc(Cl)ccc3COc3ccc(C(=O)O)cc32)CCC[C@H]1S(N)(=O)=O. The molecule has 2 fully saturated rings. The number of aliphatic hydroxyl groups is 1. The second-order valence-electron chi connectivity index (χ2n) is 12.6. The Morgan fingerprint density at radius 2 is 1.93 bits per heavy atom. The molecule has 2 aliphatic carbocycles. The van der Waals surface area contributed by atoms with Gasteiger partial charge in [-0.1, -0.05) is 43.2 Å². The molecule has 0 radical (unpaired) electrons. The van der Waals surface area contributed by atoms with Gasteiger partial charge in [0.25, 0.3) is 0 Å². The van der Waals surface area contributed by atoms with Crippen molar-refractivity contribution in [3.05, 3.63) is 70.3 Å². The summed E-state index contributed by atoms with van der Waals surface area (Å²) in [5.74, 6) is -0.0808. The number of nitrogens with two attached hydrogens (primary N) is 1. The normalized spacial score (nSPS) is 27.3. The molecule has 1 aliphatic heterocycles. The van der Waals surface area contributed by atoms with E-state index in [4.69, 9.17) is 21.5 Å². The maximum atomic E-state index is 12.1. The number of carboxylic acid groups (broad SMARTS) is 1. The summed E-state index contributed by atoms with van der Waals surface area (Å²) in [6, 6.07) is 10.9. The summed E-state index contributed by atoms with van der Waals surface area (Å²) in [5, 5.41) is 26.6. The van der Waals surface area contributed by atoms with E-state index in [2.05, 4.69) is 4.90 Å². The number of hydrogen-bond donors (Lipinski definition) is 3. The topological polar surface area (TPSA) is 130 Å². The largest absolute Gasteiger partial charge is 0.487 e. The molecular weight excluding hydrogens is 588 g/mol. The van der Waals surface area contributed by atoms with Gasteiger partial charge >= 0.3 is 5.97 Å². The zero-order valence-corrected chi connectivity index (χ0v) is 26.3. The van der Waals surface area contributed by atoms with Crippen molar-refractivity contribution in [1.29, 1.82) is 0 Å². The highest BCUT2D eigenvalue weighted by molar-refractivity contribution is 7.89. The number of aliphatic hydroxyl groups excluding tert-OH is 1. The summed E-state index contributed by atoms with van der Waals surface area (Å²) in [5.41, 5.74) is 3.21. The number of carbonyl (C=O) groups is 1. The number of hydrogen-bond acceptors (Lipinski definition) is 6. The molecule has 4 N–H and O–H groups in total. The van der Waals surface area contributed by atoms with Gasteiger partial charge in [0, 0.05) is 18.1 Å². The fourth-order valence-electron chi connectivity index (χ4n) is 7.12. The average molecular weight is 631 g/mol. The summed E-state index contributed by atoms with van der Waals surface area (Å²) in [7, 11) is -3.60. The van der Waals surface area contributed by atoms with E-state index in [1.54, 1.807) is 18.2 Å². The van der Waals surface area contributed by atoms with Gasteiger partial charge in [0.2, 0.25) is 10.0 Å². The standard InChI is InChI=1S/C33H43ClN2O6S/c1-21-22(6-4-7-32(21)43(35,40)41)10-14-30(37)28-13-9-25(28)19-36-16-3-2-5-23-17-27(34)12-8-26(23)20-42-31-15-11-24(33(38)39)18-29(31)36/h8,10-12,14-15,17-18,21-22,25,28,30,32,37H,2-7,9,13,16,19-20H2,1H3,(H,38,39)(H2,35,40,41)/b14-10+/t21-,22-,25-,28+,30-,32+/m0/s1. The van der Waals surface area contributed by atoms with Gasteiger partial charge in [0.15, 0.2) is 0 Å². The molecule has 0 spiro atoms. The average Bonchev–Trinajstić information content (AvgIpc) is 2.97. The quantitative estimate of drug-likeness (QED) is 0.330. The number of allylic oxidation sites excluding steroid dienone is 1. The Labute approximate surface area is 259 Å². The number of nitrogens with zero attached hydrogens (tertiary/aromatic N) is 1. The van der Waals surface area contributed by atoms with Crippen molar-refractivity contribution < 1.29 is 28.2 Å². The van der Waals surface area contributed by atoms with Crippen molar-refractivity contribution in [3.8, 4) is 5.75 Å². The first kappa shape index (κ1) is 31.8. The van der Waals surface area contributed by atoms with Crippen molar-refractivity contribution >= 4 is 33.3 Å². The zero-order chi connectivity index (χ0) is 30.7. The molecule has 8 nitrogen and oxygen atoms in total. The summed E-state index contributed by atoms with van der Waals surface area (Å²) < 4.78 is 30.4. The molecule has 2 saturated carbocycles. The van der Waals surface area contributed by atoms with Gasteiger partial charge < -0.3 is 19.8 Å². The molecule has 1 heterocycles. The Morgan fingerprint density at radius 1 is 1.12 bits per heavy atom. The predicted molar refractivity (Wildman–Crippen MR) is 169 cm³/mol. The molecule has 0 aromatic heterocycles. The smallest absolute Gasteiger partial charge is 0.335 e. The van der Waals surface area contributed by atoms with E-state index in [1.807, 2.05) is 37.3 Å². The molecular formula is C33H43ClN2O6S. The monoisotopic (exact) mass is 630 g/mol. The second kappa shape index (κ2) is 13.6. The summed E-state index contributed by atoms with van der Waals surface area (Å²) in [4.78, 5) is 14.1. The molecule has 2 aromatic carbocycles. The number of ether oxygens (including phenoxy) is 1. The lowest BCUT2D eigenvalue weighted by Crippen LogP contribution is -2.43. The predicted octanol–water partition coefficient (Wildman–Crippen LogP) is 5.80. The van der Waals surface area contributed by atoms with E-state index in [1.165, 1.54) is 5.56 Å². The fourth-order valence-corrected chi connectivity index (χ4v) is 8.61. The van der Waals surface area contributed by atoms with Crippen LogP contribution in [0.15, 0.2) is 48.6 Å². The van der Waals surface area contributed by atoms with Crippen LogP contribution in [0, 0.1) is 23.7 Å². The molecule has 234 valence electrons. The Morgan fingerprint density at radius 3 is 2.65 bits per heavy atom. The highest BCUT2D eigenvalue weighted by atomic mass is 35.5. The van der Waals surface area contributed by atoms with E-state index in [0.29, 0.717) is 30.3 Å². The number of anilines is 1. The number of sulfonamides is 1. The van der Waals surface area contributed by atoms with E-state index < -0.39 is 27.3 Å². The van der Waals surface area contributed by atoms with Crippen LogP contribution in [0.25, 0.3) is 0 Å². The Hall–Kier alpha value is -2.59. The van der Waals surface area contributed by atoms with Crippen LogP contribution >= 0.6 is 11.6 Å². The maximum absolute atomic E-state index is 12.1. The van der Waals surface area contributed by atoms with Gasteiger partial charge in [-0.05, 0) is 110 Å². The Kier molecular flexibility index (Phi) is 10.1. The number of aromatic carboxylic acids is 1. The maximum Gasteiger partial charge on any atom is 0.335 e. The van der Waals surface area contributed by atoms with Gasteiger partial charge in [-0.25, -0.2) is 18.4 Å². The molecule has 6 atom stereocenters. The molecule has 0 amide bonds. The summed E-state index contributed by atoms with van der Waals surface area (Å²) >= 11 is 6.29. The molecule has 0 saturated heterocycles. The minimum atomic E-state index is -3.60. The lowest BCUT2D eigenvalue weighted by atomic mass is 9.69. The zero-order valence-electron chi connectivity index (χ0n) is 24.7. The van der Waals surface area contributed by atoms with Gasteiger partial charge in [0.1, 0.15) is 12.4 Å². The fraction of sp³-hybridized carbons (Fsp3) is 0.545. The van der Waals surface area contributed by atoms with Crippen LogP contribution in [0.3, 0.4) is 0 Å². The van der Waals surface area contributed by atoms with E-state index in [9.17, 15) is 23.4 Å². The molecule has 2 aromatic rings.